The Morgan fingerprint density at radius 2 is 1.94 bits per heavy atom. The Bertz CT molecular complexity index is 276. The standard InChI is InChI=1S/C12H22N2O2/c1-9(7-8-13)14(6)10(2)11(15)16-12(3,4)5/h9-10H,7H2,1-6H3. The molecule has 0 heterocycles. The third-order valence-electron chi connectivity index (χ3n) is 2.44. The molecule has 92 valence electrons. The number of carbonyl (C=O) groups excluding carboxylic acids is 1. The van der Waals surface area contributed by atoms with Gasteiger partial charge in [0.15, 0.2) is 0 Å². The molecule has 4 nitrogen and oxygen atoms in total. The lowest BCUT2D eigenvalue weighted by molar-refractivity contribution is -0.161. The molecule has 0 aliphatic rings. The van der Waals surface area contributed by atoms with Crippen LogP contribution in [0.25, 0.3) is 0 Å². The second-order valence-electron chi connectivity index (χ2n) is 5.09. The molecule has 0 aliphatic carbocycles. The Hall–Kier alpha value is -1.08. The average Bonchev–Trinajstić information content (AvgIpc) is 2.13. The highest BCUT2D eigenvalue weighted by molar-refractivity contribution is 5.75. The highest BCUT2D eigenvalue weighted by Gasteiger charge is 2.26. The molecule has 0 fully saturated rings. The molecule has 16 heavy (non-hydrogen) atoms. The molecule has 0 aliphatic heterocycles. The molecule has 4 heteroatoms. The smallest absolute Gasteiger partial charge is 0.323 e. The number of hydrogen-bond acceptors (Lipinski definition) is 4. The van der Waals surface area contributed by atoms with Crippen molar-refractivity contribution in [3.8, 4) is 6.07 Å². The minimum Gasteiger partial charge on any atom is -0.459 e. The Balaban J connectivity index is 4.39. The first-order valence-electron chi connectivity index (χ1n) is 5.50. The van der Waals surface area contributed by atoms with Gasteiger partial charge in [0.05, 0.1) is 12.5 Å². The zero-order valence-electron chi connectivity index (χ0n) is 11.1. The van der Waals surface area contributed by atoms with Gasteiger partial charge in [-0.1, -0.05) is 0 Å². The van der Waals surface area contributed by atoms with Crippen LogP contribution in [-0.4, -0.2) is 35.6 Å². The molecule has 2 atom stereocenters. The van der Waals surface area contributed by atoms with E-state index < -0.39 is 5.60 Å². The van der Waals surface area contributed by atoms with Gasteiger partial charge in [-0.15, -0.1) is 0 Å². The van der Waals surface area contributed by atoms with Crippen LogP contribution >= 0.6 is 0 Å². The van der Waals surface area contributed by atoms with Crippen LogP contribution in [0.4, 0.5) is 0 Å². The normalized spacial score (nSPS) is 15.4. The molecule has 0 radical (unpaired) electrons. The molecule has 0 bridgehead atoms. The largest absolute Gasteiger partial charge is 0.459 e. The topological polar surface area (TPSA) is 53.3 Å². The maximum atomic E-state index is 11.8. The van der Waals surface area contributed by atoms with E-state index in [9.17, 15) is 4.79 Å². The number of likely N-dealkylation sites (N-methyl/N-ethyl adjacent to an activating group) is 1. The van der Waals surface area contributed by atoms with Crippen molar-refractivity contribution in [3.05, 3.63) is 0 Å². The third kappa shape index (κ3) is 5.13. The van der Waals surface area contributed by atoms with Crippen LogP contribution in [0.3, 0.4) is 0 Å². The second kappa shape index (κ2) is 5.86. The first-order chi connectivity index (χ1) is 7.19. The fourth-order valence-electron chi connectivity index (χ4n) is 1.21. The van der Waals surface area contributed by atoms with Crippen LogP contribution in [0.2, 0.25) is 0 Å². The summed E-state index contributed by atoms with van der Waals surface area (Å²) in [6, 6.07) is 1.81. The van der Waals surface area contributed by atoms with Gasteiger partial charge in [0.2, 0.25) is 0 Å². The highest BCUT2D eigenvalue weighted by atomic mass is 16.6. The van der Waals surface area contributed by atoms with E-state index in [1.165, 1.54) is 0 Å². The van der Waals surface area contributed by atoms with Crippen LogP contribution in [-0.2, 0) is 9.53 Å². The van der Waals surface area contributed by atoms with E-state index in [1.54, 1.807) is 6.92 Å². The molecule has 0 saturated carbocycles. The van der Waals surface area contributed by atoms with Crippen molar-refractivity contribution < 1.29 is 9.53 Å². The number of nitriles is 1. The van der Waals surface area contributed by atoms with E-state index in [2.05, 4.69) is 6.07 Å². The van der Waals surface area contributed by atoms with Crippen molar-refractivity contribution in [1.82, 2.24) is 4.90 Å². The molecule has 2 unspecified atom stereocenters. The molecule has 0 saturated heterocycles. The van der Waals surface area contributed by atoms with Gasteiger partial charge in [-0.3, -0.25) is 9.69 Å². The van der Waals surface area contributed by atoms with Crippen molar-refractivity contribution in [2.45, 2.75) is 58.7 Å². The number of carbonyl (C=O) groups is 1. The first-order valence-corrected chi connectivity index (χ1v) is 5.50. The minimum atomic E-state index is -0.468. The van der Waals surface area contributed by atoms with E-state index in [0.717, 1.165) is 0 Å². The summed E-state index contributed by atoms with van der Waals surface area (Å²) in [7, 11) is 1.83. The SMILES string of the molecule is CC(CC#N)N(C)C(C)C(=O)OC(C)(C)C. The third-order valence-corrected chi connectivity index (χ3v) is 2.44. The summed E-state index contributed by atoms with van der Waals surface area (Å²) in [5, 5.41) is 8.60. The Kier molecular flexibility index (Phi) is 5.46. The molecular formula is C12H22N2O2. The van der Waals surface area contributed by atoms with Crippen LogP contribution in [0, 0.1) is 11.3 Å². The molecule has 0 aromatic rings. The van der Waals surface area contributed by atoms with E-state index in [1.807, 2.05) is 39.6 Å². The fourth-order valence-corrected chi connectivity index (χ4v) is 1.21. The van der Waals surface area contributed by atoms with Gasteiger partial charge < -0.3 is 4.74 Å². The Morgan fingerprint density at radius 3 is 2.31 bits per heavy atom. The predicted molar refractivity (Wildman–Crippen MR) is 62.8 cm³/mol. The van der Waals surface area contributed by atoms with Gasteiger partial charge in [0.1, 0.15) is 11.6 Å². The monoisotopic (exact) mass is 226 g/mol. The number of nitrogens with zero attached hydrogens (tertiary/aromatic N) is 2. The molecule has 0 amide bonds. The van der Waals surface area contributed by atoms with E-state index >= 15 is 0 Å². The quantitative estimate of drug-likeness (QED) is 0.687. The predicted octanol–water partition coefficient (Wildman–Crippen LogP) is 1.95. The minimum absolute atomic E-state index is 0.0486. The maximum absolute atomic E-state index is 11.8. The Morgan fingerprint density at radius 1 is 1.44 bits per heavy atom. The summed E-state index contributed by atoms with van der Waals surface area (Å²) in [6.07, 6.45) is 0.406. The lowest BCUT2D eigenvalue weighted by Gasteiger charge is -2.30. The number of rotatable bonds is 4. The molecule has 0 aromatic carbocycles. The first kappa shape index (κ1) is 14.9. The van der Waals surface area contributed by atoms with Gasteiger partial charge in [-0.25, -0.2) is 0 Å². The summed E-state index contributed by atoms with van der Waals surface area (Å²) in [5.41, 5.74) is -0.468. The van der Waals surface area contributed by atoms with Gasteiger partial charge in [0, 0.05) is 6.04 Å². The van der Waals surface area contributed by atoms with Gasteiger partial charge in [0.25, 0.3) is 0 Å². The van der Waals surface area contributed by atoms with Crippen LogP contribution in [0.5, 0.6) is 0 Å². The number of hydrogen-bond donors (Lipinski definition) is 0. The second-order valence-corrected chi connectivity index (χ2v) is 5.09. The summed E-state index contributed by atoms with van der Waals surface area (Å²) >= 11 is 0. The van der Waals surface area contributed by atoms with Crippen LogP contribution in [0.1, 0.15) is 41.0 Å². The maximum Gasteiger partial charge on any atom is 0.323 e. The molecule has 0 rings (SSSR count). The van der Waals surface area contributed by atoms with Gasteiger partial charge in [-0.05, 0) is 41.7 Å². The highest BCUT2D eigenvalue weighted by Crippen LogP contribution is 2.12. The molecule has 0 N–H and O–H groups in total. The average molecular weight is 226 g/mol. The van der Waals surface area contributed by atoms with Crippen molar-refractivity contribution in [2.75, 3.05) is 7.05 Å². The molecule has 0 aromatic heterocycles. The number of esters is 1. The fraction of sp³-hybridized carbons (Fsp3) is 0.833. The summed E-state index contributed by atoms with van der Waals surface area (Å²) < 4.78 is 5.29. The molecular weight excluding hydrogens is 204 g/mol. The zero-order chi connectivity index (χ0) is 12.9. The lowest BCUT2D eigenvalue weighted by Crippen LogP contribution is -2.44. The van der Waals surface area contributed by atoms with Crippen molar-refractivity contribution in [2.24, 2.45) is 0 Å². The summed E-state index contributed by atoms with van der Waals surface area (Å²) in [4.78, 5) is 13.6. The van der Waals surface area contributed by atoms with Crippen LogP contribution < -0.4 is 0 Å². The van der Waals surface area contributed by atoms with Gasteiger partial charge in [-0.2, -0.15) is 5.26 Å². The lowest BCUT2D eigenvalue weighted by atomic mass is 10.1. The van der Waals surface area contributed by atoms with E-state index in [0.29, 0.717) is 6.42 Å². The Labute approximate surface area is 98.2 Å². The number of ether oxygens (including phenoxy) is 1. The summed E-state index contributed by atoms with van der Waals surface area (Å²) in [5.74, 6) is -0.250. The zero-order valence-corrected chi connectivity index (χ0v) is 11.1. The van der Waals surface area contributed by atoms with Gasteiger partial charge >= 0.3 is 5.97 Å². The van der Waals surface area contributed by atoms with Crippen molar-refractivity contribution >= 4 is 5.97 Å². The molecule has 0 spiro atoms. The van der Waals surface area contributed by atoms with E-state index in [-0.39, 0.29) is 18.1 Å². The van der Waals surface area contributed by atoms with E-state index in [4.69, 9.17) is 10.00 Å². The van der Waals surface area contributed by atoms with Crippen molar-refractivity contribution in [3.63, 3.8) is 0 Å². The summed E-state index contributed by atoms with van der Waals surface area (Å²) in [6.45, 7) is 9.25. The van der Waals surface area contributed by atoms with Crippen molar-refractivity contribution in [1.29, 1.82) is 5.26 Å². The van der Waals surface area contributed by atoms with Crippen LogP contribution in [0.15, 0.2) is 0 Å².